The van der Waals surface area contributed by atoms with E-state index in [1.54, 1.807) is 25.4 Å². The highest BCUT2D eigenvalue weighted by atomic mass is 19.1. The minimum absolute atomic E-state index is 0.184. The number of fused-ring (bicyclic) bond motifs is 1. The van der Waals surface area contributed by atoms with E-state index in [1.165, 1.54) is 12.1 Å². The number of piperazine rings is 1. The van der Waals surface area contributed by atoms with Crippen molar-refractivity contribution in [2.45, 2.75) is 18.6 Å². The fraction of sp³-hybridized carbons (Fsp3) is 0.375. The molecule has 0 spiro atoms. The highest BCUT2D eigenvalue weighted by Gasteiger charge is 2.33. The zero-order valence-electron chi connectivity index (χ0n) is 18.4. The van der Waals surface area contributed by atoms with Crippen LogP contribution in [0.1, 0.15) is 28.7 Å². The first kappa shape index (κ1) is 21.5. The summed E-state index contributed by atoms with van der Waals surface area (Å²) < 4.78 is 19.5. The molecule has 1 aromatic carbocycles. The topological polar surface area (TPSA) is 90.6 Å². The van der Waals surface area contributed by atoms with E-state index in [9.17, 15) is 14.0 Å². The molecule has 2 aliphatic rings. The Hall–Kier alpha value is -3.30. The number of nitrogens with one attached hydrogen (secondary N) is 2. The number of pyridine rings is 2. The van der Waals surface area contributed by atoms with Crippen molar-refractivity contribution < 1.29 is 13.9 Å². The van der Waals surface area contributed by atoms with Crippen LogP contribution in [-0.4, -0.2) is 66.7 Å². The first-order chi connectivity index (χ1) is 16.0. The predicted octanol–water partition coefficient (Wildman–Crippen LogP) is 2.07. The van der Waals surface area contributed by atoms with Gasteiger partial charge in [-0.05, 0) is 42.1 Å². The molecular formula is C24H26FN5O3. The molecule has 5 rings (SSSR count). The summed E-state index contributed by atoms with van der Waals surface area (Å²) in [5.74, 6) is -0.614. The van der Waals surface area contributed by atoms with Crippen molar-refractivity contribution in [1.29, 1.82) is 0 Å². The van der Waals surface area contributed by atoms with Crippen molar-refractivity contribution in [3.8, 4) is 0 Å². The molecule has 1 amide bonds. The van der Waals surface area contributed by atoms with E-state index in [2.05, 4.69) is 25.1 Å². The van der Waals surface area contributed by atoms with Crippen LogP contribution >= 0.6 is 0 Å². The van der Waals surface area contributed by atoms with E-state index in [0.717, 1.165) is 44.0 Å². The van der Waals surface area contributed by atoms with E-state index in [1.807, 2.05) is 12.1 Å². The normalized spacial score (nSPS) is 21.5. The maximum absolute atomic E-state index is 13.5. The highest BCUT2D eigenvalue weighted by Crippen LogP contribution is 2.32. The lowest BCUT2D eigenvalue weighted by Crippen LogP contribution is -2.50. The second-order valence-corrected chi connectivity index (χ2v) is 8.50. The molecule has 3 aromatic rings. The van der Waals surface area contributed by atoms with Gasteiger partial charge in [-0.25, -0.2) is 9.37 Å². The lowest BCUT2D eigenvalue weighted by molar-refractivity contribution is 0.0931. The third-order valence-electron chi connectivity index (χ3n) is 6.56. The van der Waals surface area contributed by atoms with Gasteiger partial charge in [0, 0.05) is 50.3 Å². The Kier molecular flexibility index (Phi) is 5.82. The molecule has 9 heteroatoms. The number of hydrogen-bond acceptors (Lipinski definition) is 6. The third kappa shape index (κ3) is 4.34. The fourth-order valence-corrected chi connectivity index (χ4v) is 4.69. The zero-order valence-corrected chi connectivity index (χ0v) is 18.4. The molecule has 0 saturated carbocycles. The van der Waals surface area contributed by atoms with Crippen LogP contribution < -0.4 is 15.8 Å². The number of benzene rings is 1. The summed E-state index contributed by atoms with van der Waals surface area (Å²) in [5.41, 5.74) is 1.86. The Morgan fingerprint density at radius 2 is 2.00 bits per heavy atom. The molecule has 0 bridgehead atoms. The SMILES string of the molecule is CNC(=O)c1ccc(N2CCN(C3COC(c4cc5ccc(F)cc5c(=O)[nH]4)C3)CC2)cn1. The molecule has 2 N–H and O–H groups in total. The standard InChI is InChI=1S/C24H26FN5O3/c1-26-24(32)20-5-4-17(13-27-20)29-6-8-30(9-7-29)18-12-22(33-14-18)21-10-15-2-3-16(25)11-19(15)23(31)28-21/h2-5,10-11,13,18,22H,6-9,12,14H2,1H3,(H,26,32)(H,28,31). The monoisotopic (exact) mass is 451 g/mol. The maximum atomic E-state index is 13.5. The van der Waals surface area contributed by atoms with Gasteiger partial charge in [-0.1, -0.05) is 6.07 Å². The summed E-state index contributed by atoms with van der Waals surface area (Å²) in [7, 11) is 1.59. The molecule has 0 radical (unpaired) electrons. The van der Waals surface area contributed by atoms with Crippen LogP contribution in [0.3, 0.4) is 0 Å². The van der Waals surface area contributed by atoms with E-state index in [-0.39, 0.29) is 23.6 Å². The van der Waals surface area contributed by atoms with Crippen LogP contribution in [0.2, 0.25) is 0 Å². The van der Waals surface area contributed by atoms with Gasteiger partial charge in [0.2, 0.25) is 0 Å². The maximum Gasteiger partial charge on any atom is 0.269 e. The minimum Gasteiger partial charge on any atom is -0.370 e. The number of nitrogens with zero attached hydrogens (tertiary/aromatic N) is 3. The molecule has 2 atom stereocenters. The van der Waals surface area contributed by atoms with Crippen molar-refractivity contribution in [3.63, 3.8) is 0 Å². The van der Waals surface area contributed by atoms with E-state index < -0.39 is 5.82 Å². The number of aromatic amines is 1. The Bertz CT molecular complexity index is 1220. The summed E-state index contributed by atoms with van der Waals surface area (Å²) in [4.78, 5) is 35.9. The van der Waals surface area contributed by atoms with Crippen molar-refractivity contribution in [3.05, 3.63) is 70.2 Å². The zero-order chi connectivity index (χ0) is 22.9. The van der Waals surface area contributed by atoms with Crippen LogP contribution in [0.25, 0.3) is 10.8 Å². The van der Waals surface area contributed by atoms with Gasteiger partial charge >= 0.3 is 0 Å². The number of ether oxygens (including phenoxy) is 1. The molecule has 2 aliphatic heterocycles. The van der Waals surface area contributed by atoms with Crippen molar-refractivity contribution in [2.24, 2.45) is 0 Å². The number of H-pyrrole nitrogens is 1. The lowest BCUT2D eigenvalue weighted by Gasteiger charge is -2.38. The second-order valence-electron chi connectivity index (χ2n) is 8.50. The average molecular weight is 452 g/mol. The van der Waals surface area contributed by atoms with Crippen LogP contribution in [0.4, 0.5) is 10.1 Å². The van der Waals surface area contributed by atoms with E-state index >= 15 is 0 Å². The molecule has 2 aromatic heterocycles. The average Bonchev–Trinajstić information content (AvgIpc) is 3.34. The highest BCUT2D eigenvalue weighted by molar-refractivity contribution is 5.92. The van der Waals surface area contributed by atoms with Gasteiger partial charge in [-0.15, -0.1) is 0 Å². The van der Waals surface area contributed by atoms with Gasteiger partial charge in [0.1, 0.15) is 11.5 Å². The summed E-state index contributed by atoms with van der Waals surface area (Å²) >= 11 is 0. The molecule has 2 saturated heterocycles. The smallest absolute Gasteiger partial charge is 0.269 e. The van der Waals surface area contributed by atoms with Crippen molar-refractivity contribution in [2.75, 3.05) is 44.7 Å². The van der Waals surface area contributed by atoms with Crippen LogP contribution in [0, 0.1) is 5.82 Å². The summed E-state index contributed by atoms with van der Waals surface area (Å²) in [6.07, 6.45) is 2.36. The van der Waals surface area contributed by atoms with Gasteiger partial charge in [0.25, 0.3) is 11.5 Å². The summed E-state index contributed by atoms with van der Waals surface area (Å²) in [6, 6.07) is 10.1. The number of carbonyl (C=O) groups is 1. The number of rotatable bonds is 4. The molecule has 2 fully saturated rings. The molecule has 4 heterocycles. The van der Waals surface area contributed by atoms with Gasteiger partial charge in [-0.3, -0.25) is 14.5 Å². The molecule has 8 nitrogen and oxygen atoms in total. The summed E-state index contributed by atoms with van der Waals surface area (Å²) in [5, 5.41) is 3.64. The number of aromatic nitrogens is 2. The van der Waals surface area contributed by atoms with Crippen molar-refractivity contribution in [1.82, 2.24) is 20.2 Å². The quantitative estimate of drug-likeness (QED) is 0.631. The lowest BCUT2D eigenvalue weighted by atomic mass is 10.0. The number of anilines is 1. The van der Waals surface area contributed by atoms with Gasteiger partial charge < -0.3 is 19.9 Å². The second kappa shape index (κ2) is 8.92. The van der Waals surface area contributed by atoms with Gasteiger partial charge in [0.15, 0.2) is 0 Å². The molecule has 172 valence electrons. The molecule has 2 unspecified atom stereocenters. The Morgan fingerprint density at radius 3 is 2.73 bits per heavy atom. The fourth-order valence-electron chi connectivity index (χ4n) is 4.69. The van der Waals surface area contributed by atoms with Crippen LogP contribution in [-0.2, 0) is 4.74 Å². The minimum atomic E-state index is -0.421. The summed E-state index contributed by atoms with van der Waals surface area (Å²) in [6.45, 7) is 4.12. The van der Waals surface area contributed by atoms with Gasteiger partial charge in [-0.2, -0.15) is 0 Å². The Morgan fingerprint density at radius 1 is 1.18 bits per heavy atom. The van der Waals surface area contributed by atoms with E-state index in [0.29, 0.717) is 23.1 Å². The molecule has 33 heavy (non-hydrogen) atoms. The number of halogens is 1. The first-order valence-electron chi connectivity index (χ1n) is 11.1. The molecular weight excluding hydrogens is 425 g/mol. The van der Waals surface area contributed by atoms with Crippen LogP contribution in [0.15, 0.2) is 47.4 Å². The predicted molar refractivity (Wildman–Crippen MR) is 123 cm³/mol. The number of carbonyl (C=O) groups excluding carboxylic acids is 1. The largest absolute Gasteiger partial charge is 0.370 e. The molecule has 0 aliphatic carbocycles. The van der Waals surface area contributed by atoms with Crippen LogP contribution in [0.5, 0.6) is 0 Å². The Labute approximate surface area is 190 Å². The van der Waals surface area contributed by atoms with Gasteiger partial charge in [0.05, 0.1) is 24.6 Å². The van der Waals surface area contributed by atoms with Crippen molar-refractivity contribution >= 4 is 22.4 Å². The first-order valence-corrected chi connectivity index (χ1v) is 11.1. The van der Waals surface area contributed by atoms with E-state index in [4.69, 9.17) is 4.74 Å². The Balaban J connectivity index is 1.21. The number of hydrogen-bond donors (Lipinski definition) is 2. The number of amides is 1. The third-order valence-corrected chi connectivity index (χ3v) is 6.56.